The highest BCUT2D eigenvalue weighted by molar-refractivity contribution is 6.54. The van der Waals surface area contributed by atoms with Crippen LogP contribution in [0.3, 0.4) is 0 Å². The summed E-state index contributed by atoms with van der Waals surface area (Å²) in [6, 6.07) is 5.47. The summed E-state index contributed by atoms with van der Waals surface area (Å²) in [4.78, 5) is 26.7. The molecule has 1 aliphatic heterocycles. The molecule has 0 saturated heterocycles. The number of nitrogens with zero attached hydrogens (tertiary/aromatic N) is 2. The molecule has 0 spiro atoms. The van der Waals surface area contributed by atoms with Crippen molar-refractivity contribution in [3.8, 4) is 5.75 Å². The van der Waals surface area contributed by atoms with E-state index in [0.717, 1.165) is 36.9 Å². The second-order valence-corrected chi connectivity index (χ2v) is 7.55. The van der Waals surface area contributed by atoms with Crippen LogP contribution in [0, 0.1) is 5.41 Å². The Balaban J connectivity index is 2.28. The van der Waals surface area contributed by atoms with Crippen LogP contribution in [0.4, 0.5) is 5.69 Å². The average molecular weight is 359 g/mol. The number of amides is 2. The van der Waals surface area contributed by atoms with Crippen LogP contribution in [0.2, 0.25) is 0 Å². The Labute approximate surface area is 155 Å². The molecular weight excluding hydrogens is 330 g/mol. The third-order valence-corrected chi connectivity index (χ3v) is 4.38. The number of carbonyl (C=O) groups excluding carboxylic acids is 2. The van der Waals surface area contributed by atoms with Gasteiger partial charge in [-0.25, -0.2) is 5.43 Å². The fourth-order valence-electron chi connectivity index (χ4n) is 2.72. The molecule has 0 atom stereocenters. The van der Waals surface area contributed by atoms with E-state index in [4.69, 9.17) is 4.74 Å². The summed E-state index contributed by atoms with van der Waals surface area (Å²) in [6.07, 6.45) is 4.30. The van der Waals surface area contributed by atoms with Crippen LogP contribution in [0.5, 0.6) is 5.75 Å². The van der Waals surface area contributed by atoms with Crippen LogP contribution in [-0.4, -0.2) is 31.2 Å². The first-order chi connectivity index (χ1) is 12.3. The zero-order valence-corrected chi connectivity index (χ0v) is 16.4. The van der Waals surface area contributed by atoms with E-state index < -0.39 is 5.41 Å². The number of anilines is 1. The maximum Gasteiger partial charge on any atom is 0.279 e. The molecule has 1 heterocycles. The van der Waals surface area contributed by atoms with Gasteiger partial charge in [-0.2, -0.15) is 5.10 Å². The van der Waals surface area contributed by atoms with E-state index in [2.05, 4.69) is 17.5 Å². The quantitative estimate of drug-likeness (QED) is 0.598. The number of hydrazone groups is 1. The maximum atomic E-state index is 12.9. The first kappa shape index (κ1) is 19.9. The lowest BCUT2D eigenvalue weighted by atomic mass is 9.96. The molecule has 0 aliphatic carbocycles. The first-order valence-corrected chi connectivity index (χ1v) is 9.18. The van der Waals surface area contributed by atoms with Crippen LogP contribution >= 0.6 is 0 Å². The second-order valence-electron chi connectivity index (χ2n) is 7.55. The fourth-order valence-corrected chi connectivity index (χ4v) is 2.72. The molecule has 1 N–H and O–H groups in total. The van der Waals surface area contributed by atoms with Gasteiger partial charge in [0.1, 0.15) is 5.75 Å². The van der Waals surface area contributed by atoms with Crippen molar-refractivity contribution < 1.29 is 14.3 Å². The summed E-state index contributed by atoms with van der Waals surface area (Å²) < 4.78 is 5.30. The number of hydrogen-bond donors (Lipinski definition) is 1. The number of methoxy groups -OCH3 is 1. The van der Waals surface area contributed by atoms with Crippen molar-refractivity contribution >= 4 is 23.2 Å². The summed E-state index contributed by atoms with van der Waals surface area (Å²) in [5.74, 6) is 0.281. The molecule has 1 aromatic rings. The fraction of sp³-hybridized carbons (Fsp3) is 0.550. The number of hydrogen-bond acceptors (Lipinski definition) is 4. The predicted molar refractivity (Wildman–Crippen MR) is 104 cm³/mol. The Kier molecular flexibility index (Phi) is 6.40. The molecule has 6 heteroatoms. The van der Waals surface area contributed by atoms with Crippen molar-refractivity contribution in [2.24, 2.45) is 10.5 Å². The van der Waals surface area contributed by atoms with Gasteiger partial charge in [0, 0.05) is 23.6 Å². The Morgan fingerprint density at radius 2 is 1.96 bits per heavy atom. The predicted octanol–water partition coefficient (Wildman–Crippen LogP) is 3.49. The minimum absolute atomic E-state index is 0.182. The zero-order valence-electron chi connectivity index (χ0n) is 16.4. The highest BCUT2D eigenvalue weighted by Gasteiger charge is 2.34. The molecule has 2 amide bonds. The van der Waals surface area contributed by atoms with Crippen LogP contribution < -0.4 is 15.1 Å². The Hall–Kier alpha value is -2.37. The molecule has 0 unspecified atom stereocenters. The van der Waals surface area contributed by atoms with E-state index in [1.165, 1.54) is 0 Å². The molecule has 1 aliphatic rings. The van der Waals surface area contributed by atoms with Gasteiger partial charge in [-0.05, 0) is 18.6 Å². The van der Waals surface area contributed by atoms with Crippen LogP contribution in [-0.2, 0) is 9.59 Å². The van der Waals surface area contributed by atoms with Crippen molar-refractivity contribution in [1.82, 2.24) is 5.43 Å². The first-order valence-electron chi connectivity index (χ1n) is 9.18. The van der Waals surface area contributed by atoms with E-state index >= 15 is 0 Å². The largest absolute Gasteiger partial charge is 0.497 e. The number of carbonyl (C=O) groups is 2. The number of benzene rings is 1. The topological polar surface area (TPSA) is 71.0 Å². The van der Waals surface area contributed by atoms with Gasteiger partial charge in [-0.3, -0.25) is 9.59 Å². The molecular formula is C20H29N3O3. The van der Waals surface area contributed by atoms with Gasteiger partial charge in [-0.1, -0.05) is 47.0 Å². The average Bonchev–Trinajstić information content (AvgIpc) is 2.86. The van der Waals surface area contributed by atoms with Crippen molar-refractivity contribution in [3.05, 3.63) is 23.8 Å². The molecule has 6 nitrogen and oxygen atoms in total. The molecule has 0 fully saturated rings. The molecule has 26 heavy (non-hydrogen) atoms. The third-order valence-electron chi connectivity index (χ3n) is 4.38. The van der Waals surface area contributed by atoms with Gasteiger partial charge >= 0.3 is 0 Å². The minimum Gasteiger partial charge on any atom is -0.497 e. The molecule has 1 aromatic carbocycles. The summed E-state index contributed by atoms with van der Waals surface area (Å²) in [5.41, 5.74) is 3.74. The smallest absolute Gasteiger partial charge is 0.279 e. The Bertz CT molecular complexity index is 705. The van der Waals surface area contributed by atoms with Gasteiger partial charge in [0.05, 0.1) is 12.8 Å². The van der Waals surface area contributed by atoms with E-state index in [9.17, 15) is 9.59 Å². The molecule has 142 valence electrons. The number of ether oxygens (including phenoxy) is 1. The molecule has 0 aromatic heterocycles. The summed E-state index contributed by atoms with van der Waals surface area (Å²) in [5, 5.41) is 4.15. The van der Waals surface area contributed by atoms with Crippen molar-refractivity contribution in [2.45, 2.75) is 53.4 Å². The highest BCUT2D eigenvalue weighted by Crippen LogP contribution is 2.33. The monoisotopic (exact) mass is 359 g/mol. The Morgan fingerprint density at radius 1 is 1.23 bits per heavy atom. The van der Waals surface area contributed by atoms with Crippen molar-refractivity contribution in [1.29, 1.82) is 0 Å². The van der Waals surface area contributed by atoms with Gasteiger partial charge < -0.3 is 9.64 Å². The molecule has 0 bridgehead atoms. The number of fused-ring (bicyclic) bond motifs is 1. The number of nitrogens with one attached hydrogen (secondary N) is 1. The molecule has 0 saturated carbocycles. The summed E-state index contributed by atoms with van der Waals surface area (Å²) >= 11 is 0. The highest BCUT2D eigenvalue weighted by atomic mass is 16.5. The standard InChI is InChI=1S/C20H29N3O3/c1-6-7-8-9-12-23-16-13-14(26-5)10-11-15(16)17(18(23)24)21-22-19(25)20(2,3)4/h10-11,13H,6-9,12H2,1-5H3,(H,22,25)/b21-17-. The van der Waals surface area contributed by atoms with E-state index in [1.54, 1.807) is 38.8 Å². The lowest BCUT2D eigenvalue weighted by Gasteiger charge is -2.17. The van der Waals surface area contributed by atoms with Crippen LogP contribution in [0.25, 0.3) is 0 Å². The van der Waals surface area contributed by atoms with Crippen LogP contribution in [0.15, 0.2) is 23.3 Å². The lowest BCUT2D eigenvalue weighted by Crippen LogP contribution is -2.35. The number of unbranched alkanes of at least 4 members (excludes halogenated alkanes) is 3. The van der Waals surface area contributed by atoms with Gasteiger partial charge in [0.25, 0.3) is 5.91 Å². The maximum absolute atomic E-state index is 12.9. The molecule has 0 radical (unpaired) electrons. The number of rotatable bonds is 7. The summed E-state index contributed by atoms with van der Waals surface area (Å²) in [7, 11) is 1.60. The second kappa shape index (κ2) is 8.34. The SMILES string of the molecule is CCCCCCN1C(=O)/C(=N\NC(=O)C(C)(C)C)c2ccc(OC)cc21. The summed E-state index contributed by atoms with van der Waals surface area (Å²) in [6.45, 7) is 8.20. The van der Waals surface area contributed by atoms with Gasteiger partial charge in [0.15, 0.2) is 5.71 Å². The Morgan fingerprint density at radius 3 is 2.58 bits per heavy atom. The normalized spacial score (nSPS) is 15.3. The lowest BCUT2D eigenvalue weighted by molar-refractivity contribution is -0.128. The minimum atomic E-state index is -0.575. The van der Waals surface area contributed by atoms with Crippen molar-refractivity contribution in [2.75, 3.05) is 18.6 Å². The van der Waals surface area contributed by atoms with E-state index in [-0.39, 0.29) is 17.5 Å². The molecule has 2 rings (SSSR count). The van der Waals surface area contributed by atoms with E-state index in [0.29, 0.717) is 12.3 Å². The van der Waals surface area contributed by atoms with Crippen LogP contribution in [0.1, 0.15) is 58.9 Å². The van der Waals surface area contributed by atoms with Gasteiger partial charge in [0.2, 0.25) is 5.91 Å². The third kappa shape index (κ3) is 4.42. The van der Waals surface area contributed by atoms with E-state index in [1.807, 2.05) is 12.1 Å². The van der Waals surface area contributed by atoms with Gasteiger partial charge in [-0.15, -0.1) is 0 Å². The zero-order chi connectivity index (χ0) is 19.3. The van der Waals surface area contributed by atoms with Crippen molar-refractivity contribution in [3.63, 3.8) is 0 Å².